The van der Waals surface area contributed by atoms with E-state index in [2.05, 4.69) is 37.1 Å². The van der Waals surface area contributed by atoms with Gasteiger partial charge in [0.1, 0.15) is 5.54 Å². The summed E-state index contributed by atoms with van der Waals surface area (Å²) in [4.78, 5) is 2.61. The maximum Gasteiger partial charge on any atom is 0.103 e. The number of hydrogen-bond acceptors (Lipinski definition) is 3. The lowest BCUT2D eigenvalue weighted by Crippen LogP contribution is -2.41. The molecule has 1 saturated heterocycles. The van der Waals surface area contributed by atoms with Gasteiger partial charge in [-0.3, -0.25) is 5.32 Å². The minimum Gasteiger partial charge on any atom is -0.303 e. The van der Waals surface area contributed by atoms with Gasteiger partial charge in [0.25, 0.3) is 0 Å². The topological polar surface area (TPSA) is 39.1 Å². The molecule has 122 valence electrons. The first-order chi connectivity index (χ1) is 10.0. The number of rotatable bonds is 9. The van der Waals surface area contributed by atoms with Gasteiger partial charge in [-0.05, 0) is 83.5 Å². The molecule has 0 saturated carbocycles. The van der Waals surface area contributed by atoms with Crippen molar-refractivity contribution in [3.63, 3.8) is 0 Å². The second kappa shape index (κ2) is 9.43. The highest BCUT2D eigenvalue weighted by Crippen LogP contribution is 2.24. The molecule has 1 fully saturated rings. The van der Waals surface area contributed by atoms with Crippen molar-refractivity contribution >= 4 is 0 Å². The zero-order valence-corrected chi connectivity index (χ0v) is 14.6. The van der Waals surface area contributed by atoms with Crippen LogP contribution in [0.25, 0.3) is 0 Å². The van der Waals surface area contributed by atoms with Crippen LogP contribution in [0.1, 0.15) is 66.2 Å². The largest absolute Gasteiger partial charge is 0.303 e. The standard InChI is InChI=1S/C18H35N3/c1-5-11-20-18(4,15-19)10-6-7-12-21-13-8-17(9-14-21)16(2)3/h16-17,20H,5-14H2,1-4H3. The fraction of sp³-hybridized carbons (Fsp3) is 0.944. The molecule has 1 unspecified atom stereocenters. The molecule has 1 aliphatic rings. The summed E-state index contributed by atoms with van der Waals surface area (Å²) in [7, 11) is 0. The Kier molecular flexibility index (Phi) is 8.29. The normalized spacial score (nSPS) is 20.4. The molecule has 0 bridgehead atoms. The predicted octanol–water partition coefficient (Wildman–Crippen LogP) is 3.81. The molecule has 0 aromatic rings. The highest BCUT2D eigenvalue weighted by molar-refractivity contribution is 5.03. The molecule has 0 aromatic heterocycles. The number of nitrogens with one attached hydrogen (secondary N) is 1. The van der Waals surface area contributed by atoms with Gasteiger partial charge in [-0.2, -0.15) is 5.26 Å². The Labute approximate surface area is 132 Å². The molecule has 21 heavy (non-hydrogen) atoms. The fourth-order valence-corrected chi connectivity index (χ4v) is 3.24. The Balaban J connectivity index is 2.15. The van der Waals surface area contributed by atoms with Crippen molar-refractivity contribution in [1.82, 2.24) is 10.2 Å². The number of nitrogens with zero attached hydrogens (tertiary/aromatic N) is 2. The van der Waals surface area contributed by atoms with E-state index in [1.165, 1.54) is 38.9 Å². The summed E-state index contributed by atoms with van der Waals surface area (Å²) in [5.41, 5.74) is -0.333. The van der Waals surface area contributed by atoms with Crippen molar-refractivity contribution in [2.45, 2.75) is 71.8 Å². The highest BCUT2D eigenvalue weighted by Gasteiger charge is 2.23. The second-order valence-electron chi connectivity index (χ2n) is 7.25. The molecule has 0 amide bonds. The summed E-state index contributed by atoms with van der Waals surface area (Å²) in [5, 5.41) is 12.7. The summed E-state index contributed by atoms with van der Waals surface area (Å²) in [5.74, 6) is 1.77. The van der Waals surface area contributed by atoms with Crippen molar-refractivity contribution in [2.24, 2.45) is 11.8 Å². The first-order valence-corrected chi connectivity index (χ1v) is 8.89. The molecule has 0 aliphatic carbocycles. The van der Waals surface area contributed by atoms with Crippen LogP contribution in [0, 0.1) is 23.2 Å². The van der Waals surface area contributed by atoms with Crippen molar-refractivity contribution in [2.75, 3.05) is 26.2 Å². The molecule has 0 radical (unpaired) electrons. The van der Waals surface area contributed by atoms with Gasteiger partial charge in [0, 0.05) is 0 Å². The van der Waals surface area contributed by atoms with Crippen LogP contribution >= 0.6 is 0 Å². The van der Waals surface area contributed by atoms with E-state index < -0.39 is 0 Å². The Morgan fingerprint density at radius 2 is 1.95 bits per heavy atom. The van der Waals surface area contributed by atoms with Crippen LogP contribution in [-0.4, -0.2) is 36.6 Å². The van der Waals surface area contributed by atoms with Gasteiger partial charge in [-0.1, -0.05) is 20.8 Å². The molecule has 1 N–H and O–H groups in total. The van der Waals surface area contributed by atoms with E-state index in [0.29, 0.717) is 0 Å². The zero-order valence-electron chi connectivity index (χ0n) is 14.6. The van der Waals surface area contributed by atoms with Crippen molar-refractivity contribution in [3.05, 3.63) is 0 Å². The van der Waals surface area contributed by atoms with Gasteiger partial charge in [0.2, 0.25) is 0 Å². The zero-order chi connectivity index (χ0) is 15.7. The van der Waals surface area contributed by atoms with Crippen LogP contribution in [0.2, 0.25) is 0 Å². The minimum atomic E-state index is -0.333. The number of nitriles is 1. The molecule has 3 heteroatoms. The average Bonchev–Trinajstić information content (AvgIpc) is 2.50. The molecule has 1 aliphatic heterocycles. The molecular weight excluding hydrogens is 258 g/mol. The van der Waals surface area contributed by atoms with Crippen LogP contribution in [0.4, 0.5) is 0 Å². The molecule has 0 aromatic carbocycles. The third-order valence-corrected chi connectivity index (χ3v) is 4.99. The predicted molar refractivity (Wildman–Crippen MR) is 90.2 cm³/mol. The molecule has 0 spiro atoms. The average molecular weight is 293 g/mol. The Hall–Kier alpha value is -0.590. The van der Waals surface area contributed by atoms with Crippen LogP contribution in [0.15, 0.2) is 0 Å². The maximum atomic E-state index is 9.32. The van der Waals surface area contributed by atoms with Crippen LogP contribution in [0.3, 0.4) is 0 Å². The molecule has 1 heterocycles. The minimum absolute atomic E-state index is 0.333. The Morgan fingerprint density at radius 3 is 2.48 bits per heavy atom. The number of unbranched alkanes of at least 4 members (excludes halogenated alkanes) is 1. The molecular formula is C18H35N3. The number of likely N-dealkylation sites (tertiary alicyclic amines) is 1. The lowest BCUT2D eigenvalue weighted by Gasteiger charge is -2.34. The SMILES string of the molecule is CCCNC(C)(C#N)CCCCN1CCC(C(C)C)CC1. The third kappa shape index (κ3) is 6.80. The van der Waals surface area contributed by atoms with Crippen molar-refractivity contribution < 1.29 is 0 Å². The van der Waals surface area contributed by atoms with Crippen LogP contribution < -0.4 is 5.32 Å². The molecule has 1 rings (SSSR count). The number of hydrogen-bond donors (Lipinski definition) is 1. The van der Waals surface area contributed by atoms with Gasteiger partial charge in [-0.15, -0.1) is 0 Å². The Bertz CT molecular complexity index is 313. The summed E-state index contributed by atoms with van der Waals surface area (Å²) in [6.45, 7) is 13.6. The van der Waals surface area contributed by atoms with E-state index in [0.717, 1.165) is 37.6 Å². The first-order valence-electron chi connectivity index (χ1n) is 8.89. The van der Waals surface area contributed by atoms with E-state index in [-0.39, 0.29) is 5.54 Å². The van der Waals surface area contributed by atoms with E-state index in [1.54, 1.807) is 0 Å². The fourth-order valence-electron chi connectivity index (χ4n) is 3.24. The molecule has 1 atom stereocenters. The molecule has 3 nitrogen and oxygen atoms in total. The Morgan fingerprint density at radius 1 is 1.29 bits per heavy atom. The summed E-state index contributed by atoms with van der Waals surface area (Å²) < 4.78 is 0. The first kappa shape index (κ1) is 18.5. The van der Waals surface area contributed by atoms with E-state index in [1.807, 2.05) is 6.92 Å². The van der Waals surface area contributed by atoms with Crippen LogP contribution in [-0.2, 0) is 0 Å². The van der Waals surface area contributed by atoms with E-state index >= 15 is 0 Å². The second-order valence-corrected chi connectivity index (χ2v) is 7.25. The van der Waals surface area contributed by atoms with Gasteiger partial charge in [0.05, 0.1) is 6.07 Å². The maximum absolute atomic E-state index is 9.32. The van der Waals surface area contributed by atoms with Gasteiger partial charge in [0.15, 0.2) is 0 Å². The van der Waals surface area contributed by atoms with Gasteiger partial charge >= 0.3 is 0 Å². The quantitative estimate of drug-likeness (QED) is 0.657. The lowest BCUT2D eigenvalue weighted by molar-refractivity contribution is 0.155. The van der Waals surface area contributed by atoms with E-state index in [9.17, 15) is 5.26 Å². The van der Waals surface area contributed by atoms with Gasteiger partial charge in [-0.25, -0.2) is 0 Å². The third-order valence-electron chi connectivity index (χ3n) is 4.99. The van der Waals surface area contributed by atoms with Crippen molar-refractivity contribution in [3.8, 4) is 6.07 Å². The monoisotopic (exact) mass is 293 g/mol. The summed E-state index contributed by atoms with van der Waals surface area (Å²) in [6.07, 6.45) is 7.15. The highest BCUT2D eigenvalue weighted by atomic mass is 15.1. The summed E-state index contributed by atoms with van der Waals surface area (Å²) >= 11 is 0. The summed E-state index contributed by atoms with van der Waals surface area (Å²) in [6, 6.07) is 2.45. The van der Waals surface area contributed by atoms with Gasteiger partial charge < -0.3 is 4.90 Å². The lowest BCUT2D eigenvalue weighted by atomic mass is 9.86. The smallest absolute Gasteiger partial charge is 0.103 e. The number of piperidine rings is 1. The van der Waals surface area contributed by atoms with E-state index in [4.69, 9.17) is 0 Å². The van der Waals surface area contributed by atoms with Crippen LogP contribution in [0.5, 0.6) is 0 Å². The van der Waals surface area contributed by atoms with Crippen molar-refractivity contribution in [1.29, 1.82) is 5.26 Å².